The molecule has 1 heterocycles. The molecule has 3 aromatic rings. The number of halogens is 1. The topological polar surface area (TPSA) is 38.7 Å². The Kier molecular flexibility index (Phi) is 3.63. The van der Waals surface area contributed by atoms with Gasteiger partial charge in [-0.3, -0.25) is 0 Å². The molecule has 1 aliphatic rings. The van der Waals surface area contributed by atoms with Gasteiger partial charge in [0, 0.05) is 10.6 Å². The summed E-state index contributed by atoms with van der Waals surface area (Å²) in [4.78, 5) is 16.4. The Bertz CT molecular complexity index is 1020. The Morgan fingerprint density at radius 1 is 0.917 bits per heavy atom. The second kappa shape index (κ2) is 5.95. The maximum atomic E-state index is 12.1. The van der Waals surface area contributed by atoms with Crippen LogP contribution in [0.3, 0.4) is 0 Å². The van der Waals surface area contributed by atoms with Crippen molar-refractivity contribution in [2.45, 2.75) is 0 Å². The number of esters is 1. The number of hydrogen-bond donors (Lipinski definition) is 0. The first-order valence-corrected chi connectivity index (χ1v) is 7.84. The van der Waals surface area contributed by atoms with E-state index in [1.165, 1.54) is 0 Å². The Balaban J connectivity index is 1.72. The first kappa shape index (κ1) is 14.7. The monoisotopic (exact) mass is 333 g/mol. The molecule has 0 amide bonds. The van der Waals surface area contributed by atoms with E-state index in [1.807, 2.05) is 54.6 Å². The van der Waals surface area contributed by atoms with Crippen molar-refractivity contribution < 1.29 is 9.53 Å². The summed E-state index contributed by atoms with van der Waals surface area (Å²) in [5, 5.41) is 2.80. The molecular weight excluding hydrogens is 322 g/mol. The number of benzene rings is 3. The summed E-state index contributed by atoms with van der Waals surface area (Å²) in [6, 6.07) is 21.1. The van der Waals surface area contributed by atoms with Crippen LogP contribution >= 0.6 is 11.6 Å². The number of carbonyl (C=O) groups is 1. The van der Waals surface area contributed by atoms with Crippen molar-refractivity contribution in [2.24, 2.45) is 4.99 Å². The highest BCUT2D eigenvalue weighted by Crippen LogP contribution is 2.23. The fraction of sp³-hybridized carbons (Fsp3) is 0. The molecule has 0 spiro atoms. The fourth-order valence-electron chi connectivity index (χ4n) is 2.61. The average Bonchev–Trinajstić information content (AvgIpc) is 2.95. The zero-order valence-electron chi connectivity index (χ0n) is 12.6. The average molecular weight is 334 g/mol. The molecule has 116 valence electrons. The number of aliphatic imine (C=N–C) groups is 1. The normalized spacial score (nSPS) is 15.6. The summed E-state index contributed by atoms with van der Waals surface area (Å²) in [7, 11) is 0. The largest absolute Gasteiger partial charge is 0.402 e. The zero-order chi connectivity index (χ0) is 16.5. The van der Waals surface area contributed by atoms with Gasteiger partial charge >= 0.3 is 5.97 Å². The van der Waals surface area contributed by atoms with Crippen LogP contribution in [0.4, 0.5) is 0 Å². The summed E-state index contributed by atoms with van der Waals surface area (Å²) in [6.07, 6.45) is 1.67. The van der Waals surface area contributed by atoms with E-state index in [0.717, 1.165) is 21.9 Å². The summed E-state index contributed by atoms with van der Waals surface area (Å²) >= 11 is 5.97. The predicted octanol–water partition coefficient (Wildman–Crippen LogP) is 4.84. The highest BCUT2D eigenvalue weighted by Gasteiger charge is 2.24. The molecule has 0 radical (unpaired) electrons. The minimum absolute atomic E-state index is 0.264. The molecule has 0 aliphatic carbocycles. The molecule has 3 nitrogen and oxygen atoms in total. The van der Waals surface area contributed by atoms with E-state index in [1.54, 1.807) is 18.2 Å². The first-order chi connectivity index (χ1) is 11.7. The zero-order valence-corrected chi connectivity index (χ0v) is 13.3. The SMILES string of the molecule is O=C1OC(c2ccc3ccccc3c2)=N/C1=C\c1cccc(Cl)c1. The summed E-state index contributed by atoms with van der Waals surface area (Å²) in [6.45, 7) is 0. The van der Waals surface area contributed by atoms with Crippen molar-refractivity contribution in [3.05, 3.63) is 88.6 Å². The summed E-state index contributed by atoms with van der Waals surface area (Å²) < 4.78 is 5.32. The smallest absolute Gasteiger partial charge is 0.363 e. The molecule has 0 N–H and O–H groups in total. The Hall–Kier alpha value is -2.91. The second-order valence-corrected chi connectivity index (χ2v) is 5.89. The minimum atomic E-state index is -0.460. The Labute approximate surface area is 143 Å². The van der Waals surface area contributed by atoms with E-state index in [4.69, 9.17) is 16.3 Å². The van der Waals surface area contributed by atoms with Gasteiger partial charge in [-0.2, -0.15) is 0 Å². The molecule has 1 aliphatic heterocycles. The van der Waals surface area contributed by atoms with Gasteiger partial charge < -0.3 is 4.74 Å². The van der Waals surface area contributed by atoms with Crippen LogP contribution in [0.25, 0.3) is 16.8 Å². The molecule has 4 rings (SSSR count). The molecule has 24 heavy (non-hydrogen) atoms. The minimum Gasteiger partial charge on any atom is -0.402 e. The lowest BCUT2D eigenvalue weighted by atomic mass is 10.1. The van der Waals surface area contributed by atoms with E-state index in [0.29, 0.717) is 10.9 Å². The van der Waals surface area contributed by atoms with Crippen molar-refractivity contribution in [2.75, 3.05) is 0 Å². The maximum Gasteiger partial charge on any atom is 0.363 e. The third-order valence-electron chi connectivity index (χ3n) is 3.77. The molecule has 0 saturated carbocycles. The quantitative estimate of drug-likeness (QED) is 0.497. The summed E-state index contributed by atoms with van der Waals surface area (Å²) in [5.74, 6) is -0.142. The molecule has 3 aromatic carbocycles. The lowest BCUT2D eigenvalue weighted by molar-refractivity contribution is -0.129. The number of rotatable bonds is 2. The Morgan fingerprint density at radius 3 is 2.58 bits per heavy atom. The van der Waals surface area contributed by atoms with Gasteiger partial charge in [0.2, 0.25) is 5.90 Å². The molecule has 0 aromatic heterocycles. The van der Waals surface area contributed by atoms with Gasteiger partial charge in [-0.25, -0.2) is 9.79 Å². The van der Waals surface area contributed by atoms with Crippen LogP contribution < -0.4 is 0 Å². The van der Waals surface area contributed by atoms with Crippen LogP contribution in [0.5, 0.6) is 0 Å². The van der Waals surface area contributed by atoms with Crippen molar-refractivity contribution in [3.63, 3.8) is 0 Å². The number of hydrogen-bond acceptors (Lipinski definition) is 3. The number of carbonyl (C=O) groups excluding carboxylic acids is 1. The molecule has 4 heteroatoms. The molecular formula is C20H12ClNO2. The Morgan fingerprint density at radius 2 is 1.75 bits per heavy atom. The molecule has 0 unspecified atom stereocenters. The predicted molar refractivity (Wildman–Crippen MR) is 96.0 cm³/mol. The molecule has 0 saturated heterocycles. The third kappa shape index (κ3) is 2.82. The van der Waals surface area contributed by atoms with Crippen LogP contribution in [-0.2, 0) is 9.53 Å². The lowest BCUT2D eigenvalue weighted by Gasteiger charge is -2.02. The van der Waals surface area contributed by atoms with Gasteiger partial charge in [0.1, 0.15) is 0 Å². The fourth-order valence-corrected chi connectivity index (χ4v) is 2.81. The second-order valence-electron chi connectivity index (χ2n) is 5.45. The number of nitrogens with zero attached hydrogens (tertiary/aromatic N) is 1. The maximum absolute atomic E-state index is 12.1. The standard InChI is InChI=1S/C20H12ClNO2/c21-17-7-3-4-13(10-17)11-18-20(23)24-19(22-18)16-9-8-14-5-1-2-6-15(14)12-16/h1-12H/b18-11-. The van der Waals surface area contributed by atoms with Gasteiger partial charge in [0.05, 0.1) is 0 Å². The first-order valence-electron chi connectivity index (χ1n) is 7.46. The van der Waals surface area contributed by atoms with E-state index in [-0.39, 0.29) is 5.70 Å². The van der Waals surface area contributed by atoms with E-state index in [9.17, 15) is 4.79 Å². The van der Waals surface area contributed by atoms with Crippen molar-refractivity contribution in [3.8, 4) is 0 Å². The number of fused-ring (bicyclic) bond motifs is 1. The van der Waals surface area contributed by atoms with Crippen LogP contribution in [0.2, 0.25) is 5.02 Å². The van der Waals surface area contributed by atoms with Crippen LogP contribution in [0, 0.1) is 0 Å². The number of cyclic esters (lactones) is 1. The third-order valence-corrected chi connectivity index (χ3v) is 4.00. The van der Waals surface area contributed by atoms with E-state index in [2.05, 4.69) is 4.99 Å². The van der Waals surface area contributed by atoms with Gasteiger partial charge in [-0.1, -0.05) is 54.1 Å². The van der Waals surface area contributed by atoms with Gasteiger partial charge in [0.25, 0.3) is 0 Å². The molecule has 0 fully saturated rings. The molecule has 0 atom stereocenters. The van der Waals surface area contributed by atoms with Crippen LogP contribution in [0.15, 0.2) is 77.4 Å². The lowest BCUT2D eigenvalue weighted by Crippen LogP contribution is -2.05. The highest BCUT2D eigenvalue weighted by atomic mass is 35.5. The van der Waals surface area contributed by atoms with Crippen molar-refractivity contribution >= 4 is 40.3 Å². The van der Waals surface area contributed by atoms with E-state index >= 15 is 0 Å². The van der Waals surface area contributed by atoms with Crippen LogP contribution in [0.1, 0.15) is 11.1 Å². The molecule has 0 bridgehead atoms. The van der Waals surface area contributed by atoms with Crippen LogP contribution in [-0.4, -0.2) is 11.9 Å². The van der Waals surface area contributed by atoms with Crippen molar-refractivity contribution in [1.29, 1.82) is 0 Å². The van der Waals surface area contributed by atoms with Gasteiger partial charge in [0.15, 0.2) is 5.70 Å². The summed E-state index contributed by atoms with van der Waals surface area (Å²) in [5.41, 5.74) is 1.84. The van der Waals surface area contributed by atoms with Crippen molar-refractivity contribution in [1.82, 2.24) is 0 Å². The van der Waals surface area contributed by atoms with Gasteiger partial charge in [-0.15, -0.1) is 0 Å². The van der Waals surface area contributed by atoms with Gasteiger partial charge in [-0.05, 0) is 46.7 Å². The highest BCUT2D eigenvalue weighted by molar-refractivity contribution is 6.30. The number of ether oxygens (including phenoxy) is 1. The van der Waals surface area contributed by atoms with E-state index < -0.39 is 5.97 Å².